The van der Waals surface area contributed by atoms with Crippen molar-refractivity contribution in [2.75, 3.05) is 19.7 Å². The van der Waals surface area contributed by atoms with Crippen LogP contribution in [0.5, 0.6) is 0 Å². The van der Waals surface area contributed by atoms with E-state index in [0.717, 1.165) is 10.4 Å². The Bertz CT molecular complexity index is 617. The molecule has 10 heteroatoms. The van der Waals surface area contributed by atoms with Crippen LogP contribution in [0, 0.1) is 0 Å². The summed E-state index contributed by atoms with van der Waals surface area (Å²) < 4.78 is 62.5. The topological polar surface area (TPSA) is 90.7 Å². The molecule has 1 fully saturated rings. The Morgan fingerprint density at radius 1 is 1.38 bits per heavy atom. The lowest BCUT2D eigenvalue weighted by molar-refractivity contribution is -0.141. The maximum Gasteiger partial charge on any atom is 0.433 e. The highest BCUT2D eigenvalue weighted by Crippen LogP contribution is 2.30. The van der Waals surface area contributed by atoms with Gasteiger partial charge < -0.3 is 10.2 Å². The van der Waals surface area contributed by atoms with Gasteiger partial charge in [0.1, 0.15) is 16.2 Å². The molecule has 0 aromatic carbocycles. The van der Waals surface area contributed by atoms with Crippen LogP contribution in [0.1, 0.15) is 12.1 Å². The lowest BCUT2D eigenvalue weighted by Crippen LogP contribution is -2.38. The Hall–Kier alpha value is -1.23. The normalized spacial score (nSPS) is 24.4. The van der Waals surface area contributed by atoms with Gasteiger partial charge in [-0.05, 0) is 18.6 Å². The Kier molecular flexibility index (Phi) is 4.00. The van der Waals surface area contributed by atoms with Crippen molar-refractivity contribution in [1.82, 2.24) is 9.29 Å². The molecule has 0 aliphatic carbocycles. The van der Waals surface area contributed by atoms with E-state index in [9.17, 15) is 26.7 Å². The molecule has 1 aromatic rings. The van der Waals surface area contributed by atoms with E-state index in [1.807, 2.05) is 0 Å². The first-order valence-electron chi connectivity index (χ1n) is 5.95. The summed E-state index contributed by atoms with van der Waals surface area (Å²) >= 11 is 0. The van der Waals surface area contributed by atoms with Gasteiger partial charge in [-0.25, -0.2) is 8.42 Å². The quantitative estimate of drug-likeness (QED) is 0.829. The standard InChI is InChI=1S/C11H13F3N2O4S/c12-11(13,14)9-2-1-8(5-15-9)21(19,20)16-4-3-10(18,6-16)7-17/h1-2,5,17-18H,3-4,6-7H2/t10-/m1/s1. The van der Waals surface area contributed by atoms with Crippen molar-refractivity contribution in [3.8, 4) is 0 Å². The van der Waals surface area contributed by atoms with Crippen molar-refractivity contribution < 1.29 is 31.8 Å². The molecule has 2 heterocycles. The third kappa shape index (κ3) is 3.18. The lowest BCUT2D eigenvalue weighted by Gasteiger charge is -2.20. The molecule has 0 unspecified atom stereocenters. The zero-order valence-electron chi connectivity index (χ0n) is 10.7. The van der Waals surface area contributed by atoms with Gasteiger partial charge in [-0.15, -0.1) is 0 Å². The first-order valence-corrected chi connectivity index (χ1v) is 7.39. The number of hydrogen-bond donors (Lipinski definition) is 2. The number of rotatable bonds is 3. The average Bonchev–Trinajstić information content (AvgIpc) is 2.82. The molecule has 1 aromatic heterocycles. The monoisotopic (exact) mass is 326 g/mol. The van der Waals surface area contributed by atoms with Crippen molar-refractivity contribution in [2.45, 2.75) is 23.1 Å². The van der Waals surface area contributed by atoms with Crippen LogP contribution in [0.15, 0.2) is 23.2 Å². The van der Waals surface area contributed by atoms with Crippen molar-refractivity contribution in [3.05, 3.63) is 24.0 Å². The largest absolute Gasteiger partial charge is 0.433 e. The number of alkyl halides is 3. The highest BCUT2D eigenvalue weighted by Gasteiger charge is 2.41. The second-order valence-corrected chi connectivity index (χ2v) is 6.79. The lowest BCUT2D eigenvalue weighted by atomic mass is 10.1. The van der Waals surface area contributed by atoms with Crippen LogP contribution >= 0.6 is 0 Å². The summed E-state index contributed by atoms with van der Waals surface area (Å²) in [7, 11) is -4.05. The van der Waals surface area contributed by atoms with E-state index in [2.05, 4.69) is 4.98 Å². The van der Waals surface area contributed by atoms with E-state index in [1.54, 1.807) is 0 Å². The van der Waals surface area contributed by atoms with Crippen molar-refractivity contribution in [3.63, 3.8) is 0 Å². The highest BCUT2D eigenvalue weighted by atomic mass is 32.2. The fourth-order valence-corrected chi connectivity index (χ4v) is 3.47. The Morgan fingerprint density at radius 2 is 2.05 bits per heavy atom. The third-order valence-corrected chi connectivity index (χ3v) is 5.08. The van der Waals surface area contributed by atoms with E-state index < -0.39 is 39.0 Å². The van der Waals surface area contributed by atoms with Crippen LogP contribution in [-0.2, 0) is 16.2 Å². The van der Waals surface area contributed by atoms with Gasteiger partial charge in [0, 0.05) is 19.3 Å². The van der Waals surface area contributed by atoms with Gasteiger partial charge in [-0.2, -0.15) is 17.5 Å². The van der Waals surface area contributed by atoms with E-state index in [-0.39, 0.29) is 19.5 Å². The number of sulfonamides is 1. The van der Waals surface area contributed by atoms with E-state index >= 15 is 0 Å². The Morgan fingerprint density at radius 3 is 2.48 bits per heavy atom. The second-order valence-electron chi connectivity index (χ2n) is 4.85. The van der Waals surface area contributed by atoms with Crippen molar-refractivity contribution in [1.29, 1.82) is 0 Å². The number of aliphatic hydroxyl groups excluding tert-OH is 1. The molecule has 1 aliphatic rings. The van der Waals surface area contributed by atoms with Gasteiger partial charge in [-0.3, -0.25) is 4.98 Å². The molecule has 0 bridgehead atoms. The average molecular weight is 326 g/mol. The summed E-state index contributed by atoms with van der Waals surface area (Å²) in [4.78, 5) is 2.71. The number of nitrogens with zero attached hydrogens (tertiary/aromatic N) is 2. The molecule has 6 nitrogen and oxygen atoms in total. The van der Waals surface area contributed by atoms with Crippen molar-refractivity contribution >= 4 is 10.0 Å². The van der Waals surface area contributed by atoms with Gasteiger partial charge in [0.2, 0.25) is 10.0 Å². The molecular weight excluding hydrogens is 313 g/mol. The van der Waals surface area contributed by atoms with Crippen LogP contribution in [0.3, 0.4) is 0 Å². The van der Waals surface area contributed by atoms with Gasteiger partial charge >= 0.3 is 6.18 Å². The SMILES string of the molecule is O=S(=O)(c1ccc(C(F)(F)F)nc1)N1CC[C@](O)(CO)C1. The van der Waals surface area contributed by atoms with Crippen LogP contribution in [0.4, 0.5) is 13.2 Å². The minimum absolute atomic E-state index is 0.0274. The summed E-state index contributed by atoms with van der Waals surface area (Å²) in [6.45, 7) is -0.933. The summed E-state index contributed by atoms with van der Waals surface area (Å²) in [6.07, 6.45) is -3.96. The number of aromatic nitrogens is 1. The van der Waals surface area contributed by atoms with Crippen molar-refractivity contribution in [2.24, 2.45) is 0 Å². The zero-order valence-corrected chi connectivity index (χ0v) is 11.5. The van der Waals surface area contributed by atoms with Crippen LogP contribution in [0.2, 0.25) is 0 Å². The molecular formula is C11H13F3N2O4S. The van der Waals surface area contributed by atoms with E-state index in [0.29, 0.717) is 12.3 Å². The maximum atomic E-state index is 12.4. The Labute approximate surface area is 118 Å². The van der Waals surface area contributed by atoms with Gasteiger partial charge in [0.15, 0.2) is 0 Å². The number of pyridine rings is 1. The summed E-state index contributed by atoms with van der Waals surface area (Å²) in [5.74, 6) is 0. The summed E-state index contributed by atoms with van der Waals surface area (Å²) in [5, 5.41) is 18.8. The number of hydrogen-bond acceptors (Lipinski definition) is 5. The molecule has 2 N–H and O–H groups in total. The maximum absolute atomic E-state index is 12.4. The Balaban J connectivity index is 2.25. The number of β-amino-alcohol motifs (C(OH)–C–C–N with tert-alkyl or cyclic N) is 1. The second kappa shape index (κ2) is 5.20. The number of halogens is 3. The molecule has 1 aliphatic heterocycles. The molecule has 0 saturated carbocycles. The molecule has 21 heavy (non-hydrogen) atoms. The fourth-order valence-electron chi connectivity index (χ4n) is 2.00. The summed E-state index contributed by atoms with van der Waals surface area (Å²) in [5.41, 5.74) is -2.71. The molecule has 0 spiro atoms. The van der Waals surface area contributed by atoms with Gasteiger partial charge in [0.25, 0.3) is 0 Å². The van der Waals surface area contributed by atoms with Crippen LogP contribution in [0.25, 0.3) is 0 Å². The smallest absolute Gasteiger partial charge is 0.393 e. The molecule has 1 saturated heterocycles. The van der Waals surface area contributed by atoms with Crippen LogP contribution < -0.4 is 0 Å². The molecule has 0 amide bonds. The van der Waals surface area contributed by atoms with Gasteiger partial charge in [0.05, 0.1) is 6.61 Å². The first kappa shape index (κ1) is 16.1. The molecule has 118 valence electrons. The molecule has 2 rings (SSSR count). The zero-order chi connectivity index (χ0) is 15.9. The third-order valence-electron chi connectivity index (χ3n) is 3.26. The minimum Gasteiger partial charge on any atom is -0.393 e. The fraction of sp³-hybridized carbons (Fsp3) is 0.545. The first-order chi connectivity index (χ1) is 9.58. The predicted octanol–water partition coefficient (Wildman–Crippen LogP) is 0.218. The molecule has 1 atom stereocenters. The predicted molar refractivity (Wildman–Crippen MR) is 64.7 cm³/mol. The highest BCUT2D eigenvalue weighted by molar-refractivity contribution is 7.89. The molecule has 0 radical (unpaired) electrons. The van der Waals surface area contributed by atoms with E-state index in [1.165, 1.54) is 0 Å². The van der Waals surface area contributed by atoms with Gasteiger partial charge in [-0.1, -0.05) is 0 Å². The van der Waals surface area contributed by atoms with Crippen LogP contribution in [-0.4, -0.2) is 53.2 Å². The van der Waals surface area contributed by atoms with E-state index in [4.69, 9.17) is 5.11 Å². The summed E-state index contributed by atoms with van der Waals surface area (Å²) in [6, 6.07) is 1.41. The number of aliphatic hydroxyl groups is 2. The minimum atomic E-state index is -4.65.